The van der Waals surface area contributed by atoms with E-state index in [0.29, 0.717) is 6.20 Å². The molecule has 0 amide bonds. The number of aromatic nitrogens is 2. The quantitative estimate of drug-likeness (QED) is 0.795. The second kappa shape index (κ2) is 4.15. The Kier molecular flexibility index (Phi) is 3.29. The first-order valence-corrected chi connectivity index (χ1v) is 4.26. The molecule has 0 bridgehead atoms. The van der Waals surface area contributed by atoms with Gasteiger partial charge in [0.05, 0.1) is 11.8 Å². The van der Waals surface area contributed by atoms with Gasteiger partial charge in [-0.15, -0.1) is 0 Å². The molecule has 1 aromatic rings. The molecular formula is C8H4F7N3. The van der Waals surface area contributed by atoms with E-state index in [1.54, 1.807) is 0 Å². The smallest absolute Gasteiger partial charge is 0.265 e. The Morgan fingerprint density at radius 1 is 1.17 bits per heavy atom. The van der Waals surface area contributed by atoms with Gasteiger partial charge in [-0.1, -0.05) is 0 Å². The summed E-state index contributed by atoms with van der Waals surface area (Å²) in [7, 11) is 0. The minimum atomic E-state index is -6.37. The number of hydrogen-bond acceptors (Lipinski definition) is 2. The SMILES string of the molecule is N#Cc1cnn(CC(F)(F)C(F)(F)C(F)(F)F)c1. The van der Waals surface area contributed by atoms with Crippen LogP contribution in [0.15, 0.2) is 12.4 Å². The molecule has 0 aliphatic heterocycles. The lowest BCUT2D eigenvalue weighted by Crippen LogP contribution is -2.53. The molecule has 1 heterocycles. The Balaban J connectivity index is 2.98. The van der Waals surface area contributed by atoms with Crippen LogP contribution >= 0.6 is 0 Å². The van der Waals surface area contributed by atoms with Gasteiger partial charge in [0.2, 0.25) is 0 Å². The highest BCUT2D eigenvalue weighted by Crippen LogP contribution is 2.47. The Hall–Kier alpha value is -1.79. The van der Waals surface area contributed by atoms with Gasteiger partial charge >= 0.3 is 18.0 Å². The average Bonchev–Trinajstić information content (AvgIpc) is 2.62. The van der Waals surface area contributed by atoms with Crippen molar-refractivity contribution in [3.05, 3.63) is 18.0 Å². The van der Waals surface area contributed by atoms with Gasteiger partial charge in [0, 0.05) is 6.20 Å². The molecule has 0 aromatic carbocycles. The molecule has 0 saturated carbocycles. The van der Waals surface area contributed by atoms with E-state index < -0.39 is 24.6 Å². The lowest BCUT2D eigenvalue weighted by molar-refractivity contribution is -0.357. The molecule has 0 unspecified atom stereocenters. The zero-order valence-electron chi connectivity index (χ0n) is 8.35. The Morgan fingerprint density at radius 2 is 1.72 bits per heavy atom. The third-order valence-electron chi connectivity index (χ3n) is 1.94. The third kappa shape index (κ3) is 2.39. The molecule has 0 N–H and O–H groups in total. The molecule has 1 rings (SSSR count). The number of hydrogen-bond donors (Lipinski definition) is 0. The van der Waals surface area contributed by atoms with Crippen molar-refractivity contribution >= 4 is 0 Å². The van der Waals surface area contributed by atoms with E-state index in [0.717, 1.165) is 6.20 Å². The first-order valence-electron chi connectivity index (χ1n) is 4.26. The predicted octanol–water partition coefficient (Wildman–Crippen LogP) is 2.59. The summed E-state index contributed by atoms with van der Waals surface area (Å²) in [5.74, 6) is -11.6. The summed E-state index contributed by atoms with van der Waals surface area (Å²) in [6.45, 7) is -1.98. The molecule has 0 radical (unpaired) electrons. The van der Waals surface area contributed by atoms with E-state index in [1.165, 1.54) is 6.07 Å². The Bertz CT molecular complexity index is 468. The second-order valence-electron chi connectivity index (χ2n) is 3.31. The fourth-order valence-electron chi connectivity index (χ4n) is 1.02. The van der Waals surface area contributed by atoms with Gasteiger partial charge in [-0.05, 0) is 0 Å². The lowest BCUT2D eigenvalue weighted by Gasteiger charge is -2.27. The predicted molar refractivity (Wildman–Crippen MR) is 42.9 cm³/mol. The Labute approximate surface area is 95.4 Å². The molecule has 1 aromatic heterocycles. The van der Waals surface area contributed by atoms with Crippen LogP contribution in [0, 0.1) is 11.3 Å². The summed E-state index contributed by atoms with van der Waals surface area (Å²) in [5, 5.41) is 11.4. The topological polar surface area (TPSA) is 41.6 Å². The number of halogens is 7. The van der Waals surface area contributed by atoms with Gasteiger partial charge in [-0.2, -0.15) is 41.1 Å². The molecular weight excluding hydrogens is 271 g/mol. The highest BCUT2D eigenvalue weighted by Gasteiger charge is 2.73. The maximum Gasteiger partial charge on any atom is 0.459 e. The van der Waals surface area contributed by atoms with Crippen LogP contribution in [-0.2, 0) is 6.54 Å². The summed E-state index contributed by atoms with van der Waals surface area (Å²) < 4.78 is 86.3. The van der Waals surface area contributed by atoms with Crippen molar-refractivity contribution in [1.29, 1.82) is 5.26 Å². The molecule has 0 fully saturated rings. The molecule has 0 aliphatic rings. The summed E-state index contributed by atoms with van der Waals surface area (Å²) in [4.78, 5) is 0. The summed E-state index contributed by atoms with van der Waals surface area (Å²) in [6, 6.07) is 1.46. The van der Waals surface area contributed by atoms with Crippen LogP contribution in [0.4, 0.5) is 30.7 Å². The van der Waals surface area contributed by atoms with Crippen molar-refractivity contribution < 1.29 is 30.7 Å². The van der Waals surface area contributed by atoms with E-state index in [2.05, 4.69) is 5.10 Å². The van der Waals surface area contributed by atoms with Crippen LogP contribution in [-0.4, -0.2) is 27.8 Å². The van der Waals surface area contributed by atoms with E-state index in [-0.39, 0.29) is 10.2 Å². The van der Waals surface area contributed by atoms with E-state index in [9.17, 15) is 30.7 Å². The molecule has 0 saturated heterocycles. The summed E-state index contributed by atoms with van der Waals surface area (Å²) in [6.07, 6.45) is -4.97. The van der Waals surface area contributed by atoms with Crippen LogP contribution in [0.3, 0.4) is 0 Å². The maximum atomic E-state index is 12.9. The highest BCUT2D eigenvalue weighted by molar-refractivity contribution is 5.21. The van der Waals surface area contributed by atoms with Crippen LogP contribution in [0.1, 0.15) is 5.56 Å². The molecule has 18 heavy (non-hydrogen) atoms. The average molecular weight is 275 g/mol. The monoisotopic (exact) mass is 275 g/mol. The highest BCUT2D eigenvalue weighted by atomic mass is 19.4. The lowest BCUT2D eigenvalue weighted by atomic mass is 10.1. The minimum absolute atomic E-state index is 0.151. The van der Waals surface area contributed by atoms with Crippen LogP contribution in [0.5, 0.6) is 0 Å². The van der Waals surface area contributed by atoms with Crippen molar-refractivity contribution in [3.63, 3.8) is 0 Å². The zero-order valence-corrected chi connectivity index (χ0v) is 8.35. The zero-order chi connectivity index (χ0) is 14.2. The van der Waals surface area contributed by atoms with E-state index in [1.807, 2.05) is 0 Å². The van der Waals surface area contributed by atoms with Gasteiger partial charge < -0.3 is 0 Å². The molecule has 0 spiro atoms. The first-order chi connectivity index (χ1) is 8.01. The number of rotatable bonds is 3. The third-order valence-corrected chi connectivity index (χ3v) is 1.94. The van der Waals surface area contributed by atoms with Crippen LogP contribution in [0.2, 0.25) is 0 Å². The second-order valence-corrected chi connectivity index (χ2v) is 3.31. The van der Waals surface area contributed by atoms with Gasteiger partial charge in [0.15, 0.2) is 0 Å². The van der Waals surface area contributed by atoms with Crippen molar-refractivity contribution in [3.8, 4) is 6.07 Å². The molecule has 10 heteroatoms. The molecule has 100 valence electrons. The van der Waals surface area contributed by atoms with Crippen LogP contribution < -0.4 is 0 Å². The number of nitriles is 1. The largest absolute Gasteiger partial charge is 0.459 e. The fourth-order valence-corrected chi connectivity index (χ4v) is 1.02. The van der Waals surface area contributed by atoms with Gasteiger partial charge in [0.25, 0.3) is 0 Å². The molecule has 0 aliphatic carbocycles. The van der Waals surface area contributed by atoms with E-state index in [4.69, 9.17) is 5.26 Å². The van der Waals surface area contributed by atoms with Crippen molar-refractivity contribution in [2.24, 2.45) is 0 Å². The van der Waals surface area contributed by atoms with Gasteiger partial charge in [-0.25, -0.2) is 0 Å². The number of alkyl halides is 7. The Morgan fingerprint density at radius 3 is 2.11 bits per heavy atom. The standard InChI is InChI=1S/C8H4F7N3/c9-6(10,7(11,12)8(13,14)15)4-18-3-5(1-16)2-17-18/h2-3H,4H2. The van der Waals surface area contributed by atoms with Crippen molar-refractivity contribution in [2.45, 2.75) is 24.6 Å². The van der Waals surface area contributed by atoms with Gasteiger partial charge in [-0.3, -0.25) is 4.68 Å². The fraction of sp³-hybridized carbons (Fsp3) is 0.500. The normalized spacial score (nSPS) is 13.4. The molecule has 3 nitrogen and oxygen atoms in total. The molecule has 0 atom stereocenters. The van der Waals surface area contributed by atoms with E-state index >= 15 is 0 Å². The van der Waals surface area contributed by atoms with Gasteiger partial charge in [0.1, 0.15) is 12.6 Å². The summed E-state index contributed by atoms with van der Waals surface area (Å²) >= 11 is 0. The summed E-state index contributed by atoms with van der Waals surface area (Å²) in [5.41, 5.74) is -0.235. The maximum absolute atomic E-state index is 12.9. The minimum Gasteiger partial charge on any atom is -0.265 e. The van der Waals surface area contributed by atoms with Crippen LogP contribution in [0.25, 0.3) is 0 Å². The first kappa shape index (κ1) is 14.3. The van der Waals surface area contributed by atoms with Crippen molar-refractivity contribution in [1.82, 2.24) is 9.78 Å². The van der Waals surface area contributed by atoms with Crippen molar-refractivity contribution in [2.75, 3.05) is 0 Å². The number of nitrogens with zero attached hydrogens (tertiary/aromatic N) is 3.